The van der Waals surface area contributed by atoms with Crippen molar-refractivity contribution in [1.82, 2.24) is 15.5 Å². The standard InChI is InChI=1S/C15H19ClN4O2/c1-10-9-17-4-6-19(10)14(21)11-2-3-12(16)13(8-11)20-7-5-18-15(20)22/h2-3,8,10,17H,4-7,9H2,1H3,(H,18,22)/t10-/m1/s1. The molecule has 0 unspecified atom stereocenters. The molecule has 2 fully saturated rings. The Morgan fingerprint density at radius 2 is 2.14 bits per heavy atom. The summed E-state index contributed by atoms with van der Waals surface area (Å²) in [7, 11) is 0. The van der Waals surface area contributed by atoms with Crippen LogP contribution in [0.15, 0.2) is 18.2 Å². The first-order valence-electron chi connectivity index (χ1n) is 7.44. The van der Waals surface area contributed by atoms with Gasteiger partial charge in [0.05, 0.1) is 10.7 Å². The lowest BCUT2D eigenvalue weighted by Crippen LogP contribution is -2.52. The maximum Gasteiger partial charge on any atom is 0.322 e. The van der Waals surface area contributed by atoms with Crippen molar-refractivity contribution in [2.24, 2.45) is 0 Å². The maximum absolute atomic E-state index is 12.7. The van der Waals surface area contributed by atoms with Gasteiger partial charge in [0.1, 0.15) is 0 Å². The SMILES string of the molecule is C[C@@H]1CNCCN1C(=O)c1ccc(Cl)c(N2CCNC2=O)c1. The van der Waals surface area contributed by atoms with Gasteiger partial charge in [-0.1, -0.05) is 11.6 Å². The van der Waals surface area contributed by atoms with E-state index in [1.165, 1.54) is 0 Å². The fourth-order valence-corrected chi connectivity index (χ4v) is 3.08. The number of benzene rings is 1. The van der Waals surface area contributed by atoms with Crippen LogP contribution in [0, 0.1) is 0 Å². The fourth-order valence-electron chi connectivity index (χ4n) is 2.86. The average molecular weight is 323 g/mol. The number of carbonyl (C=O) groups excluding carboxylic acids is 2. The van der Waals surface area contributed by atoms with Gasteiger partial charge in [0.25, 0.3) is 5.91 Å². The third-order valence-electron chi connectivity index (χ3n) is 4.10. The van der Waals surface area contributed by atoms with Crippen LogP contribution in [-0.2, 0) is 0 Å². The number of hydrogen-bond acceptors (Lipinski definition) is 3. The van der Waals surface area contributed by atoms with Crippen molar-refractivity contribution in [3.8, 4) is 0 Å². The number of carbonyl (C=O) groups is 2. The number of piperazine rings is 1. The molecule has 0 saturated carbocycles. The van der Waals surface area contributed by atoms with Gasteiger partial charge in [-0.25, -0.2) is 4.79 Å². The first kappa shape index (κ1) is 15.1. The first-order valence-corrected chi connectivity index (χ1v) is 7.82. The summed E-state index contributed by atoms with van der Waals surface area (Å²) in [6.45, 7) is 5.44. The largest absolute Gasteiger partial charge is 0.336 e. The molecule has 0 bridgehead atoms. The van der Waals surface area contributed by atoms with E-state index in [0.29, 0.717) is 35.9 Å². The minimum absolute atomic E-state index is 0.0217. The second-order valence-electron chi connectivity index (χ2n) is 5.60. The number of amides is 3. The number of nitrogens with one attached hydrogen (secondary N) is 2. The number of rotatable bonds is 2. The highest BCUT2D eigenvalue weighted by atomic mass is 35.5. The monoisotopic (exact) mass is 322 g/mol. The van der Waals surface area contributed by atoms with Gasteiger partial charge in [-0.05, 0) is 25.1 Å². The van der Waals surface area contributed by atoms with Crippen LogP contribution in [0.25, 0.3) is 0 Å². The van der Waals surface area contributed by atoms with Gasteiger partial charge in [0.2, 0.25) is 0 Å². The molecule has 7 heteroatoms. The molecule has 2 heterocycles. The summed E-state index contributed by atoms with van der Waals surface area (Å²) in [5.74, 6) is -0.0217. The Kier molecular flexibility index (Phi) is 4.22. The third-order valence-corrected chi connectivity index (χ3v) is 4.42. The fraction of sp³-hybridized carbons (Fsp3) is 0.467. The minimum Gasteiger partial charge on any atom is -0.336 e. The Balaban J connectivity index is 1.88. The van der Waals surface area contributed by atoms with Gasteiger partial charge < -0.3 is 15.5 Å². The molecule has 0 aromatic heterocycles. The average Bonchev–Trinajstić information content (AvgIpc) is 2.93. The lowest BCUT2D eigenvalue weighted by molar-refractivity contribution is 0.0656. The molecule has 118 valence electrons. The highest BCUT2D eigenvalue weighted by Crippen LogP contribution is 2.29. The number of hydrogen-bond donors (Lipinski definition) is 2. The summed E-state index contributed by atoms with van der Waals surface area (Å²) < 4.78 is 0. The van der Waals surface area contributed by atoms with E-state index in [2.05, 4.69) is 10.6 Å². The lowest BCUT2D eigenvalue weighted by Gasteiger charge is -2.34. The van der Waals surface area contributed by atoms with Crippen LogP contribution in [0.3, 0.4) is 0 Å². The molecule has 1 atom stereocenters. The van der Waals surface area contributed by atoms with Crippen molar-refractivity contribution >= 4 is 29.2 Å². The highest BCUT2D eigenvalue weighted by molar-refractivity contribution is 6.34. The topological polar surface area (TPSA) is 64.7 Å². The zero-order valence-corrected chi connectivity index (χ0v) is 13.2. The van der Waals surface area contributed by atoms with E-state index in [9.17, 15) is 9.59 Å². The number of nitrogens with zero attached hydrogens (tertiary/aromatic N) is 2. The Labute approximate surface area is 134 Å². The molecule has 2 aliphatic heterocycles. The van der Waals surface area contributed by atoms with Crippen LogP contribution < -0.4 is 15.5 Å². The van der Waals surface area contributed by atoms with Gasteiger partial charge >= 0.3 is 6.03 Å². The molecule has 3 rings (SSSR count). The summed E-state index contributed by atoms with van der Waals surface area (Å²) >= 11 is 6.20. The summed E-state index contributed by atoms with van der Waals surface area (Å²) in [4.78, 5) is 27.9. The van der Waals surface area contributed by atoms with E-state index in [-0.39, 0.29) is 18.0 Å². The lowest BCUT2D eigenvalue weighted by atomic mass is 10.1. The molecule has 2 aliphatic rings. The normalized spacial score (nSPS) is 21.9. The first-order chi connectivity index (χ1) is 10.6. The molecular formula is C15H19ClN4O2. The predicted octanol–water partition coefficient (Wildman–Crippen LogP) is 1.30. The number of urea groups is 1. The van der Waals surface area contributed by atoms with E-state index in [1.54, 1.807) is 23.1 Å². The van der Waals surface area contributed by atoms with Gasteiger partial charge in [-0.3, -0.25) is 9.69 Å². The van der Waals surface area contributed by atoms with Crippen LogP contribution >= 0.6 is 11.6 Å². The molecule has 0 spiro atoms. The highest BCUT2D eigenvalue weighted by Gasteiger charge is 2.27. The van der Waals surface area contributed by atoms with Crippen molar-refractivity contribution in [3.05, 3.63) is 28.8 Å². The molecule has 3 amide bonds. The molecule has 6 nitrogen and oxygen atoms in total. The molecule has 0 aliphatic carbocycles. The van der Waals surface area contributed by atoms with Gasteiger partial charge in [0.15, 0.2) is 0 Å². The van der Waals surface area contributed by atoms with Crippen LogP contribution in [0.5, 0.6) is 0 Å². The van der Waals surface area contributed by atoms with Crippen molar-refractivity contribution < 1.29 is 9.59 Å². The van der Waals surface area contributed by atoms with Crippen molar-refractivity contribution in [3.63, 3.8) is 0 Å². The second-order valence-corrected chi connectivity index (χ2v) is 6.01. The van der Waals surface area contributed by atoms with E-state index >= 15 is 0 Å². The smallest absolute Gasteiger partial charge is 0.322 e. The Morgan fingerprint density at radius 1 is 1.32 bits per heavy atom. The molecular weight excluding hydrogens is 304 g/mol. The summed E-state index contributed by atoms with van der Waals surface area (Å²) in [5.41, 5.74) is 1.15. The van der Waals surface area contributed by atoms with E-state index in [4.69, 9.17) is 11.6 Å². The minimum atomic E-state index is -0.179. The van der Waals surface area contributed by atoms with E-state index in [0.717, 1.165) is 13.1 Å². The van der Waals surface area contributed by atoms with Gasteiger partial charge in [-0.15, -0.1) is 0 Å². The van der Waals surface area contributed by atoms with Crippen molar-refractivity contribution in [2.75, 3.05) is 37.6 Å². The molecule has 2 saturated heterocycles. The molecule has 2 N–H and O–H groups in total. The van der Waals surface area contributed by atoms with Crippen LogP contribution in [0.1, 0.15) is 17.3 Å². The summed E-state index contributed by atoms with van der Waals surface area (Å²) in [5, 5.41) is 6.48. The molecule has 1 aromatic carbocycles. The van der Waals surface area contributed by atoms with Crippen molar-refractivity contribution in [1.29, 1.82) is 0 Å². The Morgan fingerprint density at radius 3 is 2.82 bits per heavy atom. The second kappa shape index (κ2) is 6.14. The third kappa shape index (κ3) is 2.76. The number of halogens is 1. The zero-order valence-electron chi connectivity index (χ0n) is 12.4. The van der Waals surface area contributed by atoms with Crippen LogP contribution in [0.4, 0.5) is 10.5 Å². The Hall–Kier alpha value is -1.79. The summed E-state index contributed by atoms with van der Waals surface area (Å²) in [6, 6.07) is 5.08. The van der Waals surface area contributed by atoms with E-state index < -0.39 is 0 Å². The van der Waals surface area contributed by atoms with Crippen LogP contribution in [0.2, 0.25) is 5.02 Å². The van der Waals surface area contributed by atoms with E-state index in [1.807, 2.05) is 11.8 Å². The number of anilines is 1. The van der Waals surface area contributed by atoms with Crippen molar-refractivity contribution in [2.45, 2.75) is 13.0 Å². The predicted molar refractivity (Wildman–Crippen MR) is 85.6 cm³/mol. The zero-order chi connectivity index (χ0) is 15.7. The maximum atomic E-state index is 12.7. The summed E-state index contributed by atoms with van der Waals surface area (Å²) in [6.07, 6.45) is 0. The molecule has 22 heavy (non-hydrogen) atoms. The molecule has 0 radical (unpaired) electrons. The van der Waals surface area contributed by atoms with Crippen LogP contribution in [-0.4, -0.2) is 55.6 Å². The quantitative estimate of drug-likeness (QED) is 0.862. The Bertz CT molecular complexity index is 607. The molecule has 1 aromatic rings. The van der Waals surface area contributed by atoms with Gasteiger partial charge in [0, 0.05) is 44.3 Å². The van der Waals surface area contributed by atoms with Gasteiger partial charge in [-0.2, -0.15) is 0 Å².